The maximum absolute atomic E-state index is 12.4. The van der Waals surface area contributed by atoms with Gasteiger partial charge >= 0.3 is 0 Å². The van der Waals surface area contributed by atoms with Gasteiger partial charge in [0.05, 0.1) is 30.6 Å². The number of aromatic nitrogens is 1. The molecule has 3 aromatic rings. The van der Waals surface area contributed by atoms with Crippen molar-refractivity contribution < 1.29 is 22.7 Å². The van der Waals surface area contributed by atoms with Crippen LogP contribution in [0.3, 0.4) is 0 Å². The molecule has 0 aliphatic heterocycles. The number of aryl methyl sites for hydroxylation is 1. The molecule has 2 aromatic carbocycles. The monoisotopic (exact) mass is 446 g/mol. The summed E-state index contributed by atoms with van der Waals surface area (Å²) in [6.45, 7) is 1.88. The van der Waals surface area contributed by atoms with Gasteiger partial charge in [-0.25, -0.2) is 13.4 Å². The highest BCUT2D eigenvalue weighted by atomic mass is 32.2. The van der Waals surface area contributed by atoms with Crippen LogP contribution in [-0.4, -0.2) is 39.3 Å². The largest absolute Gasteiger partial charge is 0.497 e. The van der Waals surface area contributed by atoms with Crippen LogP contribution in [0.2, 0.25) is 0 Å². The van der Waals surface area contributed by atoms with Gasteiger partial charge in [-0.15, -0.1) is 11.3 Å². The third-order valence-corrected chi connectivity index (χ3v) is 6.90. The molecule has 1 N–H and O–H groups in total. The highest BCUT2D eigenvalue weighted by molar-refractivity contribution is 7.91. The Labute approximate surface area is 179 Å². The van der Waals surface area contributed by atoms with E-state index >= 15 is 0 Å². The summed E-state index contributed by atoms with van der Waals surface area (Å²) in [7, 11) is -0.393. The third-order valence-electron chi connectivity index (χ3n) is 4.41. The molecule has 3 rings (SSSR count). The molecular formula is C21H22N2O5S2. The zero-order valence-corrected chi connectivity index (χ0v) is 18.5. The molecule has 1 amide bonds. The Hall–Kier alpha value is -2.91. The second-order valence-corrected chi connectivity index (χ2v) is 9.50. The quantitative estimate of drug-likeness (QED) is 0.563. The molecule has 1 aromatic heterocycles. The summed E-state index contributed by atoms with van der Waals surface area (Å²) >= 11 is 1.25. The zero-order valence-electron chi connectivity index (χ0n) is 16.8. The Bertz CT molecular complexity index is 1140. The summed E-state index contributed by atoms with van der Waals surface area (Å²) in [5.41, 5.74) is 2.37. The SMILES string of the molecule is COc1ccc(-c2csc(NC(=O)CCS(=O)(=O)c3ccc(C)cc3)n2)c(OC)c1. The van der Waals surface area contributed by atoms with Gasteiger partial charge in [-0.05, 0) is 31.2 Å². The summed E-state index contributed by atoms with van der Waals surface area (Å²) in [5.74, 6) is 0.580. The number of sulfone groups is 1. The van der Waals surface area contributed by atoms with E-state index in [2.05, 4.69) is 10.3 Å². The molecule has 9 heteroatoms. The number of rotatable bonds is 8. The fraction of sp³-hybridized carbons (Fsp3) is 0.238. The Morgan fingerprint density at radius 3 is 2.50 bits per heavy atom. The van der Waals surface area contributed by atoms with Crippen molar-refractivity contribution in [3.05, 3.63) is 53.4 Å². The van der Waals surface area contributed by atoms with E-state index in [9.17, 15) is 13.2 Å². The van der Waals surface area contributed by atoms with Gasteiger partial charge in [0.1, 0.15) is 11.5 Å². The molecule has 0 saturated carbocycles. The van der Waals surface area contributed by atoms with Gasteiger partial charge in [0.15, 0.2) is 15.0 Å². The molecule has 0 atom stereocenters. The van der Waals surface area contributed by atoms with Crippen LogP contribution in [0.25, 0.3) is 11.3 Å². The number of nitrogens with one attached hydrogen (secondary N) is 1. The van der Waals surface area contributed by atoms with Crippen LogP contribution in [0.5, 0.6) is 11.5 Å². The number of benzene rings is 2. The fourth-order valence-electron chi connectivity index (χ4n) is 2.74. The second kappa shape index (κ2) is 9.27. The molecule has 0 saturated heterocycles. The van der Waals surface area contributed by atoms with E-state index in [0.717, 1.165) is 11.1 Å². The second-order valence-electron chi connectivity index (χ2n) is 6.53. The van der Waals surface area contributed by atoms with Crippen molar-refractivity contribution in [1.29, 1.82) is 0 Å². The molecule has 0 unspecified atom stereocenters. The predicted octanol–water partition coefficient (Wildman–Crippen LogP) is 3.94. The maximum atomic E-state index is 12.4. The van der Waals surface area contributed by atoms with Crippen molar-refractivity contribution >= 4 is 32.2 Å². The van der Waals surface area contributed by atoms with Crippen molar-refractivity contribution in [2.75, 3.05) is 25.3 Å². The van der Waals surface area contributed by atoms with Gasteiger partial charge < -0.3 is 14.8 Å². The molecule has 30 heavy (non-hydrogen) atoms. The molecule has 158 valence electrons. The topological polar surface area (TPSA) is 94.6 Å². The van der Waals surface area contributed by atoms with Crippen LogP contribution < -0.4 is 14.8 Å². The Kier molecular flexibility index (Phi) is 6.73. The number of carbonyl (C=O) groups excluding carboxylic acids is 1. The van der Waals surface area contributed by atoms with Crippen LogP contribution in [-0.2, 0) is 14.6 Å². The highest BCUT2D eigenvalue weighted by Crippen LogP contribution is 2.34. The zero-order chi connectivity index (χ0) is 21.7. The lowest BCUT2D eigenvalue weighted by molar-refractivity contribution is -0.115. The minimum atomic E-state index is -3.52. The van der Waals surface area contributed by atoms with Crippen molar-refractivity contribution in [3.63, 3.8) is 0 Å². The standard InChI is InChI=1S/C21H22N2O5S2/c1-14-4-7-16(8-5-14)30(25,26)11-10-20(24)23-21-22-18(13-29-21)17-9-6-15(27-2)12-19(17)28-3/h4-9,12-13H,10-11H2,1-3H3,(H,22,23,24). The van der Waals surface area contributed by atoms with Gasteiger partial charge in [-0.1, -0.05) is 17.7 Å². The Balaban J connectivity index is 1.65. The smallest absolute Gasteiger partial charge is 0.227 e. The van der Waals surface area contributed by atoms with Crippen LogP contribution in [0.15, 0.2) is 52.7 Å². The van der Waals surface area contributed by atoms with E-state index < -0.39 is 15.7 Å². The number of hydrogen-bond acceptors (Lipinski definition) is 7. The average Bonchev–Trinajstić information content (AvgIpc) is 3.20. The van der Waals surface area contributed by atoms with Crippen molar-refractivity contribution in [1.82, 2.24) is 4.98 Å². The summed E-state index contributed by atoms with van der Waals surface area (Å²) in [5, 5.41) is 4.85. The third kappa shape index (κ3) is 5.17. The van der Waals surface area contributed by atoms with Crippen LogP contribution in [0, 0.1) is 6.92 Å². The van der Waals surface area contributed by atoms with E-state index in [0.29, 0.717) is 22.3 Å². The first-order valence-corrected chi connectivity index (χ1v) is 11.6. The number of ether oxygens (including phenoxy) is 2. The summed E-state index contributed by atoms with van der Waals surface area (Å²) in [6, 6.07) is 11.9. The van der Waals surface area contributed by atoms with Crippen molar-refractivity contribution in [2.24, 2.45) is 0 Å². The van der Waals surface area contributed by atoms with Crippen LogP contribution >= 0.6 is 11.3 Å². The van der Waals surface area contributed by atoms with Crippen molar-refractivity contribution in [2.45, 2.75) is 18.2 Å². The lowest BCUT2D eigenvalue weighted by Crippen LogP contribution is -2.17. The fourth-order valence-corrected chi connectivity index (χ4v) is 4.70. The lowest BCUT2D eigenvalue weighted by atomic mass is 10.1. The summed E-state index contributed by atoms with van der Waals surface area (Å²) < 4.78 is 35.4. The summed E-state index contributed by atoms with van der Waals surface area (Å²) in [4.78, 5) is 16.9. The lowest BCUT2D eigenvalue weighted by Gasteiger charge is -2.08. The maximum Gasteiger partial charge on any atom is 0.227 e. The first kappa shape index (κ1) is 21.8. The number of anilines is 1. The van der Waals surface area contributed by atoms with Gasteiger partial charge in [0.25, 0.3) is 0 Å². The Morgan fingerprint density at radius 2 is 1.83 bits per heavy atom. The molecule has 0 aliphatic rings. The van der Waals surface area contributed by atoms with E-state index in [4.69, 9.17) is 9.47 Å². The van der Waals surface area contributed by atoms with E-state index in [1.165, 1.54) is 11.3 Å². The number of thiazole rings is 1. The van der Waals surface area contributed by atoms with E-state index in [1.807, 2.05) is 13.0 Å². The highest BCUT2D eigenvalue weighted by Gasteiger charge is 2.18. The number of amides is 1. The van der Waals surface area contributed by atoms with Gasteiger partial charge in [-0.2, -0.15) is 0 Å². The number of carbonyl (C=O) groups is 1. The van der Waals surface area contributed by atoms with Crippen LogP contribution in [0.1, 0.15) is 12.0 Å². The Morgan fingerprint density at radius 1 is 1.10 bits per heavy atom. The average molecular weight is 447 g/mol. The molecule has 7 nitrogen and oxygen atoms in total. The van der Waals surface area contributed by atoms with E-state index in [1.54, 1.807) is 56.0 Å². The predicted molar refractivity (Wildman–Crippen MR) is 117 cm³/mol. The first-order chi connectivity index (χ1) is 14.3. The van der Waals surface area contributed by atoms with Gasteiger partial charge in [-0.3, -0.25) is 4.79 Å². The molecule has 1 heterocycles. The van der Waals surface area contributed by atoms with E-state index in [-0.39, 0.29) is 17.1 Å². The number of methoxy groups -OCH3 is 2. The summed E-state index contributed by atoms with van der Waals surface area (Å²) in [6.07, 6.45) is -0.156. The number of hydrogen-bond donors (Lipinski definition) is 1. The molecular weight excluding hydrogens is 424 g/mol. The van der Waals surface area contributed by atoms with Crippen LogP contribution in [0.4, 0.5) is 5.13 Å². The molecule has 0 bridgehead atoms. The minimum Gasteiger partial charge on any atom is -0.497 e. The first-order valence-electron chi connectivity index (χ1n) is 9.09. The van der Waals surface area contributed by atoms with Gasteiger partial charge in [0.2, 0.25) is 5.91 Å². The van der Waals surface area contributed by atoms with Crippen molar-refractivity contribution in [3.8, 4) is 22.8 Å². The molecule has 0 spiro atoms. The molecule has 0 fully saturated rings. The normalized spacial score (nSPS) is 11.2. The molecule has 0 aliphatic carbocycles. The number of nitrogens with zero attached hydrogens (tertiary/aromatic N) is 1. The minimum absolute atomic E-state index is 0.156. The van der Waals surface area contributed by atoms with Gasteiger partial charge in [0, 0.05) is 23.4 Å². The molecule has 0 radical (unpaired) electrons.